The Morgan fingerprint density at radius 1 is 1.28 bits per heavy atom. The van der Waals surface area contributed by atoms with Crippen LogP contribution in [-0.2, 0) is 11.2 Å². The fourth-order valence-electron chi connectivity index (χ4n) is 2.74. The van der Waals surface area contributed by atoms with Crippen molar-refractivity contribution in [3.05, 3.63) is 29.1 Å². The van der Waals surface area contributed by atoms with Crippen molar-refractivity contribution in [1.82, 2.24) is 9.97 Å². The molecule has 3 nitrogen and oxygen atoms in total. The number of hydrogen-bond acceptors (Lipinski definition) is 2. The smallest absolute Gasteiger partial charge is 0.110 e. The van der Waals surface area contributed by atoms with Gasteiger partial charge in [0.05, 0.1) is 16.6 Å². The van der Waals surface area contributed by atoms with Crippen molar-refractivity contribution in [2.75, 3.05) is 7.11 Å². The maximum absolute atomic E-state index is 5.66. The van der Waals surface area contributed by atoms with Gasteiger partial charge in [0, 0.05) is 13.5 Å². The molecule has 1 aliphatic rings. The van der Waals surface area contributed by atoms with Crippen molar-refractivity contribution in [2.45, 2.75) is 45.1 Å². The number of H-pyrrole nitrogens is 1. The van der Waals surface area contributed by atoms with Crippen LogP contribution in [0.4, 0.5) is 0 Å². The molecule has 0 radical (unpaired) electrons. The van der Waals surface area contributed by atoms with Crippen molar-refractivity contribution in [3.8, 4) is 0 Å². The van der Waals surface area contributed by atoms with Crippen molar-refractivity contribution in [3.63, 3.8) is 0 Å². The molecule has 0 saturated heterocycles. The molecule has 3 rings (SSSR count). The molecule has 0 unspecified atom stereocenters. The number of imidazole rings is 1. The summed E-state index contributed by atoms with van der Waals surface area (Å²) in [4.78, 5) is 8.12. The Morgan fingerprint density at radius 2 is 2.00 bits per heavy atom. The standard InChI is InChI=1S/C15H20N2O/c1-10-7-12-13(8-11(10)2)17-14(16-12)9-15(18-3)5-4-6-15/h7-8H,4-6,9H2,1-3H3,(H,16,17). The lowest BCUT2D eigenvalue weighted by Crippen LogP contribution is -2.41. The maximum atomic E-state index is 5.66. The van der Waals surface area contributed by atoms with E-state index >= 15 is 0 Å². The fourth-order valence-corrected chi connectivity index (χ4v) is 2.74. The average molecular weight is 244 g/mol. The zero-order valence-electron chi connectivity index (χ0n) is 11.3. The summed E-state index contributed by atoms with van der Waals surface area (Å²) in [5, 5.41) is 0. The van der Waals surface area contributed by atoms with E-state index in [0.29, 0.717) is 0 Å². The number of nitrogens with one attached hydrogen (secondary N) is 1. The van der Waals surface area contributed by atoms with Gasteiger partial charge in [0.15, 0.2) is 0 Å². The van der Waals surface area contributed by atoms with E-state index in [0.717, 1.165) is 36.1 Å². The summed E-state index contributed by atoms with van der Waals surface area (Å²) >= 11 is 0. The maximum Gasteiger partial charge on any atom is 0.110 e. The number of benzene rings is 1. The molecular formula is C15H20N2O. The quantitative estimate of drug-likeness (QED) is 0.899. The Labute approximate surface area is 108 Å². The zero-order valence-corrected chi connectivity index (χ0v) is 11.3. The van der Waals surface area contributed by atoms with Crippen LogP contribution in [0.15, 0.2) is 12.1 Å². The summed E-state index contributed by atoms with van der Waals surface area (Å²) in [5.74, 6) is 1.05. The average Bonchev–Trinajstić information content (AvgIpc) is 2.66. The first-order valence-electron chi connectivity index (χ1n) is 6.63. The molecule has 1 saturated carbocycles. The molecule has 1 aromatic carbocycles. The fraction of sp³-hybridized carbons (Fsp3) is 0.533. The summed E-state index contributed by atoms with van der Waals surface area (Å²) in [6, 6.07) is 4.34. The van der Waals surface area contributed by atoms with Crippen LogP contribution in [0.1, 0.15) is 36.2 Å². The molecule has 1 aliphatic carbocycles. The largest absolute Gasteiger partial charge is 0.378 e. The lowest BCUT2D eigenvalue weighted by Gasteiger charge is -2.39. The van der Waals surface area contributed by atoms with Crippen LogP contribution in [0, 0.1) is 13.8 Å². The molecule has 1 N–H and O–H groups in total. The number of methoxy groups -OCH3 is 1. The second-order valence-corrected chi connectivity index (χ2v) is 5.55. The first kappa shape index (κ1) is 11.7. The van der Waals surface area contributed by atoms with Gasteiger partial charge in [0.25, 0.3) is 0 Å². The van der Waals surface area contributed by atoms with Crippen LogP contribution < -0.4 is 0 Å². The number of aromatic nitrogens is 2. The molecule has 0 aliphatic heterocycles. The molecule has 1 heterocycles. The third-order valence-electron chi connectivity index (χ3n) is 4.33. The van der Waals surface area contributed by atoms with Crippen LogP contribution in [0.2, 0.25) is 0 Å². The Hall–Kier alpha value is -1.35. The number of aryl methyl sites for hydroxylation is 2. The highest BCUT2D eigenvalue weighted by Crippen LogP contribution is 2.37. The molecule has 18 heavy (non-hydrogen) atoms. The highest BCUT2D eigenvalue weighted by molar-refractivity contribution is 5.77. The lowest BCUT2D eigenvalue weighted by molar-refractivity contribution is -0.0719. The highest BCUT2D eigenvalue weighted by Gasteiger charge is 2.37. The number of ether oxygens (including phenoxy) is 1. The molecule has 1 aromatic heterocycles. The molecular weight excluding hydrogens is 224 g/mol. The summed E-state index contributed by atoms with van der Waals surface area (Å²) in [6.45, 7) is 4.27. The van der Waals surface area contributed by atoms with Crippen molar-refractivity contribution in [2.24, 2.45) is 0 Å². The van der Waals surface area contributed by atoms with Crippen LogP contribution in [0.5, 0.6) is 0 Å². The minimum Gasteiger partial charge on any atom is -0.378 e. The predicted molar refractivity (Wildman–Crippen MR) is 72.9 cm³/mol. The Balaban J connectivity index is 1.93. The van der Waals surface area contributed by atoms with Crippen molar-refractivity contribution in [1.29, 1.82) is 0 Å². The Bertz CT molecular complexity index is 537. The molecule has 0 amide bonds. The van der Waals surface area contributed by atoms with Crippen molar-refractivity contribution < 1.29 is 4.74 Å². The lowest BCUT2D eigenvalue weighted by atomic mass is 9.77. The van der Waals surface area contributed by atoms with Gasteiger partial charge in [-0.05, 0) is 56.4 Å². The molecule has 96 valence electrons. The van der Waals surface area contributed by atoms with E-state index in [1.165, 1.54) is 17.5 Å². The number of aromatic amines is 1. The number of rotatable bonds is 3. The van der Waals surface area contributed by atoms with Gasteiger partial charge in [-0.1, -0.05) is 0 Å². The Kier molecular flexibility index (Phi) is 2.67. The summed E-state index contributed by atoms with van der Waals surface area (Å²) in [7, 11) is 1.82. The van der Waals surface area contributed by atoms with E-state index in [1.54, 1.807) is 0 Å². The SMILES string of the molecule is COC1(Cc2nc3cc(C)c(C)cc3[nH]2)CCC1. The minimum absolute atomic E-state index is 0.0396. The summed E-state index contributed by atoms with van der Waals surface area (Å²) in [5.41, 5.74) is 4.85. The van der Waals surface area contributed by atoms with Crippen LogP contribution >= 0.6 is 0 Å². The van der Waals surface area contributed by atoms with E-state index in [-0.39, 0.29) is 5.60 Å². The normalized spacial score (nSPS) is 17.9. The van der Waals surface area contributed by atoms with Gasteiger partial charge in [0.1, 0.15) is 5.82 Å². The van der Waals surface area contributed by atoms with E-state index < -0.39 is 0 Å². The second-order valence-electron chi connectivity index (χ2n) is 5.55. The van der Waals surface area contributed by atoms with Gasteiger partial charge in [-0.25, -0.2) is 4.98 Å². The molecule has 1 fully saturated rings. The molecule has 2 aromatic rings. The number of fused-ring (bicyclic) bond motifs is 1. The molecule has 0 spiro atoms. The highest BCUT2D eigenvalue weighted by atomic mass is 16.5. The third kappa shape index (κ3) is 1.83. The van der Waals surface area contributed by atoms with Crippen LogP contribution in [0.3, 0.4) is 0 Å². The van der Waals surface area contributed by atoms with Gasteiger partial charge < -0.3 is 9.72 Å². The topological polar surface area (TPSA) is 37.9 Å². The Morgan fingerprint density at radius 3 is 2.61 bits per heavy atom. The van der Waals surface area contributed by atoms with Gasteiger partial charge in [0.2, 0.25) is 0 Å². The minimum atomic E-state index is 0.0396. The molecule has 3 heteroatoms. The van der Waals surface area contributed by atoms with Crippen LogP contribution in [0.25, 0.3) is 11.0 Å². The molecule has 0 atom stereocenters. The zero-order chi connectivity index (χ0) is 12.8. The van der Waals surface area contributed by atoms with Gasteiger partial charge >= 0.3 is 0 Å². The first-order chi connectivity index (χ1) is 8.62. The van der Waals surface area contributed by atoms with E-state index in [2.05, 4.69) is 31.0 Å². The van der Waals surface area contributed by atoms with Crippen LogP contribution in [-0.4, -0.2) is 22.7 Å². The predicted octanol–water partition coefficient (Wildman–Crippen LogP) is 3.29. The van der Waals surface area contributed by atoms with Crippen molar-refractivity contribution >= 4 is 11.0 Å². The summed E-state index contributed by atoms with van der Waals surface area (Å²) in [6.07, 6.45) is 4.47. The van der Waals surface area contributed by atoms with E-state index in [9.17, 15) is 0 Å². The van der Waals surface area contributed by atoms with Gasteiger partial charge in [-0.3, -0.25) is 0 Å². The third-order valence-corrected chi connectivity index (χ3v) is 4.33. The monoisotopic (exact) mass is 244 g/mol. The van der Waals surface area contributed by atoms with E-state index in [1.807, 2.05) is 7.11 Å². The first-order valence-corrected chi connectivity index (χ1v) is 6.63. The number of nitrogens with zero attached hydrogens (tertiary/aromatic N) is 1. The second kappa shape index (κ2) is 4.09. The summed E-state index contributed by atoms with van der Waals surface area (Å²) < 4.78 is 5.66. The van der Waals surface area contributed by atoms with E-state index in [4.69, 9.17) is 9.72 Å². The molecule has 0 bridgehead atoms. The van der Waals surface area contributed by atoms with Gasteiger partial charge in [-0.2, -0.15) is 0 Å². The number of hydrogen-bond donors (Lipinski definition) is 1. The van der Waals surface area contributed by atoms with Gasteiger partial charge in [-0.15, -0.1) is 0 Å².